The molecule has 1 unspecified atom stereocenters. The van der Waals surface area contributed by atoms with Gasteiger partial charge in [0, 0.05) is 16.8 Å². The number of rotatable bonds is 7. The van der Waals surface area contributed by atoms with Gasteiger partial charge in [-0.15, -0.1) is 0 Å². The minimum Gasteiger partial charge on any atom is -0.322 e. The number of nitro groups is 1. The summed E-state index contributed by atoms with van der Waals surface area (Å²) in [6.45, 7) is 5.90. The molecule has 154 valence electrons. The topological polar surface area (TPSA) is 106 Å². The van der Waals surface area contributed by atoms with E-state index in [-0.39, 0.29) is 35.4 Å². The minimum absolute atomic E-state index is 0.0287. The maximum absolute atomic E-state index is 12.4. The van der Waals surface area contributed by atoms with E-state index in [0.717, 1.165) is 22.4 Å². The number of nitrogens with zero attached hydrogens (tertiary/aromatic N) is 1. The van der Waals surface area contributed by atoms with Crippen LogP contribution in [0.4, 0.5) is 17.1 Å². The molecule has 2 amide bonds. The number of nitro benzene ring substituents is 1. The number of anilines is 2. The van der Waals surface area contributed by atoms with E-state index >= 15 is 0 Å². The van der Waals surface area contributed by atoms with Gasteiger partial charge in [-0.05, 0) is 44.0 Å². The summed E-state index contributed by atoms with van der Waals surface area (Å²) in [5, 5.41) is 16.7. The van der Waals surface area contributed by atoms with Crippen LogP contribution in [0.25, 0.3) is 0 Å². The molecule has 0 heterocycles. The molecule has 0 aliphatic heterocycles. The molecule has 0 radical (unpaired) electrons. The molecular formula is C20H24ClN4O4+. The van der Waals surface area contributed by atoms with Crippen molar-refractivity contribution in [3.8, 4) is 0 Å². The predicted molar refractivity (Wildman–Crippen MR) is 113 cm³/mol. The molecule has 2 aromatic carbocycles. The molecule has 2 rings (SSSR count). The van der Waals surface area contributed by atoms with Crippen molar-refractivity contribution in [2.24, 2.45) is 0 Å². The van der Waals surface area contributed by atoms with Crippen LogP contribution in [0.1, 0.15) is 16.7 Å². The molecule has 0 fully saturated rings. The molecule has 0 saturated carbocycles. The summed E-state index contributed by atoms with van der Waals surface area (Å²) in [4.78, 5) is 35.7. The maximum atomic E-state index is 12.4. The molecule has 8 nitrogen and oxygen atoms in total. The number of likely N-dealkylation sites (N-methyl/N-ethyl adjacent to an activating group) is 1. The quantitative estimate of drug-likeness (QED) is 0.472. The van der Waals surface area contributed by atoms with E-state index in [1.807, 2.05) is 32.9 Å². The van der Waals surface area contributed by atoms with Gasteiger partial charge >= 0.3 is 0 Å². The van der Waals surface area contributed by atoms with Crippen LogP contribution in [0.5, 0.6) is 0 Å². The zero-order valence-corrected chi connectivity index (χ0v) is 17.5. The lowest BCUT2D eigenvalue weighted by atomic mass is 10.1. The lowest BCUT2D eigenvalue weighted by molar-refractivity contribution is -0.862. The van der Waals surface area contributed by atoms with Crippen LogP contribution in [-0.4, -0.2) is 36.9 Å². The Kier molecular flexibility index (Phi) is 7.30. The standard InChI is InChI=1S/C20H23ClN4O4/c1-12-7-13(2)20(14(3)8-12)23-19(27)11-24(4)10-18(26)22-16-6-5-15(21)9-17(16)25(28)29/h5-9H,10-11H2,1-4H3,(H,22,26)(H,23,27)/p+1. The summed E-state index contributed by atoms with van der Waals surface area (Å²) < 4.78 is 0. The number of hydrogen-bond donors (Lipinski definition) is 3. The van der Waals surface area contributed by atoms with Crippen molar-refractivity contribution in [3.05, 3.63) is 62.2 Å². The van der Waals surface area contributed by atoms with Crippen molar-refractivity contribution >= 4 is 40.5 Å². The minimum atomic E-state index is -0.613. The highest BCUT2D eigenvalue weighted by Gasteiger charge is 2.20. The largest absolute Gasteiger partial charge is 0.322 e. The van der Waals surface area contributed by atoms with Crippen molar-refractivity contribution < 1.29 is 19.4 Å². The lowest BCUT2D eigenvalue weighted by Gasteiger charge is -2.16. The Morgan fingerprint density at radius 3 is 2.14 bits per heavy atom. The van der Waals surface area contributed by atoms with Crippen LogP contribution in [0.3, 0.4) is 0 Å². The fourth-order valence-corrected chi connectivity index (χ4v) is 3.29. The highest BCUT2D eigenvalue weighted by molar-refractivity contribution is 6.31. The van der Waals surface area contributed by atoms with Crippen molar-refractivity contribution in [1.82, 2.24) is 0 Å². The molecule has 3 N–H and O–H groups in total. The van der Waals surface area contributed by atoms with Crippen molar-refractivity contribution in [2.45, 2.75) is 20.8 Å². The molecule has 29 heavy (non-hydrogen) atoms. The van der Waals surface area contributed by atoms with Crippen molar-refractivity contribution in [2.75, 3.05) is 30.8 Å². The molecule has 0 bridgehead atoms. The molecule has 9 heteroatoms. The van der Waals surface area contributed by atoms with Crippen molar-refractivity contribution in [3.63, 3.8) is 0 Å². The summed E-state index contributed by atoms with van der Waals surface area (Å²) in [5.74, 6) is -0.661. The van der Waals surface area contributed by atoms with Gasteiger partial charge in [-0.25, -0.2) is 0 Å². The number of hydrogen-bond acceptors (Lipinski definition) is 4. The Morgan fingerprint density at radius 2 is 1.59 bits per heavy atom. The van der Waals surface area contributed by atoms with Gasteiger partial charge in [0.1, 0.15) is 5.69 Å². The molecule has 0 aliphatic rings. The zero-order chi connectivity index (χ0) is 21.7. The second kappa shape index (κ2) is 9.49. The van der Waals surface area contributed by atoms with E-state index in [1.54, 1.807) is 7.05 Å². The van der Waals surface area contributed by atoms with Gasteiger partial charge < -0.3 is 15.5 Å². The van der Waals surface area contributed by atoms with Crippen molar-refractivity contribution in [1.29, 1.82) is 0 Å². The van der Waals surface area contributed by atoms with Crippen LogP contribution >= 0.6 is 11.6 Å². The van der Waals surface area contributed by atoms with E-state index in [0.29, 0.717) is 4.90 Å². The van der Waals surface area contributed by atoms with Gasteiger partial charge in [0.25, 0.3) is 17.5 Å². The summed E-state index contributed by atoms with van der Waals surface area (Å²) >= 11 is 5.77. The number of aryl methyl sites for hydroxylation is 3. The normalized spacial score (nSPS) is 11.6. The maximum Gasteiger partial charge on any atom is 0.294 e. The Labute approximate surface area is 174 Å². The van der Waals surface area contributed by atoms with E-state index in [2.05, 4.69) is 10.6 Å². The summed E-state index contributed by atoms with van der Waals surface area (Å²) in [5.41, 5.74) is 3.62. The van der Waals surface area contributed by atoms with E-state index in [9.17, 15) is 19.7 Å². The molecule has 0 aromatic heterocycles. The molecule has 1 atom stereocenters. The average Bonchev–Trinajstić information content (AvgIpc) is 2.59. The van der Waals surface area contributed by atoms with Gasteiger partial charge in [-0.2, -0.15) is 0 Å². The van der Waals surface area contributed by atoms with Crippen LogP contribution in [-0.2, 0) is 9.59 Å². The molecule has 0 spiro atoms. The highest BCUT2D eigenvalue weighted by atomic mass is 35.5. The van der Waals surface area contributed by atoms with E-state index in [1.165, 1.54) is 18.2 Å². The number of benzene rings is 2. The lowest BCUT2D eigenvalue weighted by Crippen LogP contribution is -3.11. The van der Waals surface area contributed by atoms with Crippen LogP contribution in [0, 0.1) is 30.9 Å². The van der Waals surface area contributed by atoms with Gasteiger partial charge in [-0.1, -0.05) is 29.3 Å². The average molecular weight is 420 g/mol. The molecule has 0 saturated heterocycles. The monoisotopic (exact) mass is 419 g/mol. The zero-order valence-electron chi connectivity index (χ0n) is 16.8. The first-order valence-electron chi connectivity index (χ1n) is 8.99. The Balaban J connectivity index is 1.95. The van der Waals surface area contributed by atoms with Gasteiger partial charge in [0.15, 0.2) is 13.1 Å². The summed E-state index contributed by atoms with van der Waals surface area (Å²) in [7, 11) is 1.70. The number of quaternary nitrogens is 1. The van der Waals surface area contributed by atoms with Gasteiger partial charge in [0.2, 0.25) is 0 Å². The summed E-state index contributed by atoms with van der Waals surface area (Å²) in [6, 6.07) is 7.99. The predicted octanol–water partition coefficient (Wildman–Crippen LogP) is 2.27. The van der Waals surface area contributed by atoms with E-state index < -0.39 is 10.8 Å². The molecule has 0 aliphatic carbocycles. The Bertz CT molecular complexity index is 938. The Morgan fingerprint density at radius 1 is 1.03 bits per heavy atom. The smallest absolute Gasteiger partial charge is 0.294 e. The second-order valence-corrected chi connectivity index (χ2v) is 7.54. The van der Waals surface area contributed by atoms with E-state index in [4.69, 9.17) is 11.6 Å². The number of carbonyl (C=O) groups excluding carboxylic acids is 2. The molecule has 2 aromatic rings. The van der Waals surface area contributed by atoms with Crippen LogP contribution in [0.15, 0.2) is 30.3 Å². The van der Waals surface area contributed by atoms with Gasteiger partial charge in [0.05, 0.1) is 12.0 Å². The number of halogens is 1. The second-order valence-electron chi connectivity index (χ2n) is 7.10. The van der Waals surface area contributed by atoms with Crippen LogP contribution in [0.2, 0.25) is 5.02 Å². The Hall–Kier alpha value is -2.97. The fourth-order valence-electron chi connectivity index (χ4n) is 3.13. The van der Waals surface area contributed by atoms with Gasteiger partial charge in [-0.3, -0.25) is 19.7 Å². The first-order chi connectivity index (χ1) is 13.6. The first kappa shape index (κ1) is 22.3. The number of carbonyl (C=O) groups is 2. The highest BCUT2D eigenvalue weighted by Crippen LogP contribution is 2.27. The third-order valence-electron chi connectivity index (χ3n) is 4.30. The number of amides is 2. The third kappa shape index (κ3) is 6.27. The third-order valence-corrected chi connectivity index (χ3v) is 4.53. The SMILES string of the molecule is Cc1cc(C)c(NC(=O)C[NH+](C)CC(=O)Nc2ccc(Cl)cc2[N+](=O)[O-])c(C)c1. The first-order valence-corrected chi connectivity index (χ1v) is 9.37. The summed E-state index contributed by atoms with van der Waals surface area (Å²) in [6.07, 6.45) is 0. The number of nitrogens with one attached hydrogen (secondary N) is 3. The fraction of sp³-hybridized carbons (Fsp3) is 0.300. The van der Waals surface area contributed by atoms with Crippen LogP contribution < -0.4 is 15.5 Å². The molecular weight excluding hydrogens is 396 g/mol.